The smallest absolute Gasteiger partial charge is 0.324 e. The average Bonchev–Trinajstić information content (AvgIpc) is 2.50. The molecule has 0 bridgehead atoms. The van der Waals surface area contributed by atoms with E-state index >= 15 is 0 Å². The summed E-state index contributed by atoms with van der Waals surface area (Å²) in [5, 5.41) is 0. The molecule has 1 fully saturated rings. The van der Waals surface area contributed by atoms with Gasteiger partial charge in [0.05, 0.1) is 11.9 Å². The molecule has 0 N–H and O–H groups in total. The molecule has 1 aromatic rings. The fourth-order valence-corrected chi connectivity index (χ4v) is 1.51. The molecule has 0 aliphatic carbocycles. The third-order valence-electron chi connectivity index (χ3n) is 2.42. The predicted octanol–water partition coefficient (Wildman–Crippen LogP) is 1.26. The standard InChI is InChI=1S/C10H13N3O/c1-8-3-4-9(7-11-8)13-6-5-12(2)10(13)14/h3-4,7H,5-6H2,1-2H3. The molecule has 2 rings (SSSR count). The molecule has 0 radical (unpaired) electrons. The Labute approximate surface area is 83.2 Å². The zero-order valence-corrected chi connectivity index (χ0v) is 8.40. The topological polar surface area (TPSA) is 36.4 Å². The maximum Gasteiger partial charge on any atom is 0.324 e. The Morgan fingerprint density at radius 2 is 2.14 bits per heavy atom. The molecule has 2 amide bonds. The number of carbonyl (C=O) groups is 1. The van der Waals surface area contributed by atoms with Crippen molar-refractivity contribution in [3.05, 3.63) is 24.0 Å². The second kappa shape index (κ2) is 3.29. The number of carbonyl (C=O) groups excluding carboxylic acids is 1. The van der Waals surface area contributed by atoms with Crippen LogP contribution in [0.2, 0.25) is 0 Å². The zero-order valence-electron chi connectivity index (χ0n) is 8.40. The van der Waals surface area contributed by atoms with Gasteiger partial charge in [-0.05, 0) is 19.1 Å². The number of aryl methyl sites for hydroxylation is 1. The second-order valence-corrected chi connectivity index (χ2v) is 3.51. The van der Waals surface area contributed by atoms with Gasteiger partial charge >= 0.3 is 6.03 Å². The van der Waals surface area contributed by atoms with Crippen LogP contribution in [-0.2, 0) is 0 Å². The van der Waals surface area contributed by atoms with Crippen molar-refractivity contribution in [2.75, 3.05) is 25.0 Å². The van der Waals surface area contributed by atoms with Crippen molar-refractivity contribution in [2.45, 2.75) is 6.92 Å². The summed E-state index contributed by atoms with van der Waals surface area (Å²) < 4.78 is 0. The Balaban J connectivity index is 2.24. The highest BCUT2D eigenvalue weighted by Gasteiger charge is 2.26. The van der Waals surface area contributed by atoms with E-state index in [0.29, 0.717) is 0 Å². The van der Waals surface area contributed by atoms with E-state index in [-0.39, 0.29) is 6.03 Å². The largest absolute Gasteiger partial charge is 0.326 e. The van der Waals surface area contributed by atoms with Crippen LogP contribution in [0.15, 0.2) is 18.3 Å². The van der Waals surface area contributed by atoms with Crippen molar-refractivity contribution in [1.29, 1.82) is 0 Å². The summed E-state index contributed by atoms with van der Waals surface area (Å²) in [4.78, 5) is 19.2. The number of nitrogens with zero attached hydrogens (tertiary/aromatic N) is 3. The molecule has 1 aromatic heterocycles. The fraction of sp³-hybridized carbons (Fsp3) is 0.400. The van der Waals surface area contributed by atoms with Crippen molar-refractivity contribution in [3.8, 4) is 0 Å². The highest BCUT2D eigenvalue weighted by Crippen LogP contribution is 2.18. The van der Waals surface area contributed by atoms with E-state index in [2.05, 4.69) is 4.98 Å². The van der Waals surface area contributed by atoms with E-state index in [9.17, 15) is 4.79 Å². The van der Waals surface area contributed by atoms with Crippen LogP contribution in [0.4, 0.5) is 10.5 Å². The normalized spacial score (nSPS) is 16.6. The number of rotatable bonds is 1. The van der Waals surface area contributed by atoms with Gasteiger partial charge in [-0.15, -0.1) is 0 Å². The highest BCUT2D eigenvalue weighted by molar-refractivity contribution is 5.93. The molecule has 4 nitrogen and oxygen atoms in total. The zero-order chi connectivity index (χ0) is 10.1. The van der Waals surface area contributed by atoms with Gasteiger partial charge in [-0.2, -0.15) is 0 Å². The Kier molecular flexibility index (Phi) is 2.11. The SMILES string of the molecule is Cc1ccc(N2CCN(C)C2=O)cn1. The van der Waals surface area contributed by atoms with Crippen LogP contribution in [0.25, 0.3) is 0 Å². The summed E-state index contributed by atoms with van der Waals surface area (Å²) in [6, 6.07) is 3.90. The third kappa shape index (κ3) is 1.43. The Bertz CT molecular complexity index is 347. The summed E-state index contributed by atoms with van der Waals surface area (Å²) in [6.45, 7) is 3.47. The molecule has 0 aromatic carbocycles. The van der Waals surface area contributed by atoms with E-state index in [1.165, 1.54) is 0 Å². The van der Waals surface area contributed by atoms with E-state index in [4.69, 9.17) is 0 Å². The Morgan fingerprint density at radius 3 is 2.64 bits per heavy atom. The molecule has 1 aliphatic rings. The van der Waals surface area contributed by atoms with E-state index in [0.717, 1.165) is 24.5 Å². The van der Waals surface area contributed by atoms with Crippen LogP contribution in [0, 0.1) is 6.92 Å². The van der Waals surface area contributed by atoms with Crippen molar-refractivity contribution in [1.82, 2.24) is 9.88 Å². The number of urea groups is 1. The van der Waals surface area contributed by atoms with Gasteiger partial charge in [0, 0.05) is 25.8 Å². The first-order chi connectivity index (χ1) is 6.68. The van der Waals surface area contributed by atoms with E-state index < -0.39 is 0 Å². The Hall–Kier alpha value is -1.58. The molecule has 0 spiro atoms. The lowest BCUT2D eigenvalue weighted by Crippen LogP contribution is -2.29. The first kappa shape index (κ1) is 8.99. The first-order valence-corrected chi connectivity index (χ1v) is 4.64. The Morgan fingerprint density at radius 1 is 1.36 bits per heavy atom. The van der Waals surface area contributed by atoms with E-state index in [1.807, 2.05) is 26.1 Å². The van der Waals surface area contributed by atoms with Crippen molar-refractivity contribution < 1.29 is 4.79 Å². The van der Waals surface area contributed by atoms with Gasteiger partial charge in [0.1, 0.15) is 0 Å². The van der Waals surface area contributed by atoms with Crippen molar-refractivity contribution in [2.24, 2.45) is 0 Å². The maximum atomic E-state index is 11.6. The predicted molar refractivity (Wildman–Crippen MR) is 54.3 cm³/mol. The molecule has 4 heteroatoms. The number of amides is 2. The molecule has 14 heavy (non-hydrogen) atoms. The van der Waals surface area contributed by atoms with Gasteiger partial charge in [0.25, 0.3) is 0 Å². The van der Waals surface area contributed by atoms with Gasteiger partial charge in [-0.3, -0.25) is 9.88 Å². The summed E-state index contributed by atoms with van der Waals surface area (Å²) in [6.07, 6.45) is 1.74. The number of pyridine rings is 1. The quantitative estimate of drug-likeness (QED) is 0.670. The number of hydrogen-bond acceptors (Lipinski definition) is 2. The van der Waals surface area contributed by atoms with Gasteiger partial charge < -0.3 is 4.90 Å². The average molecular weight is 191 g/mol. The number of anilines is 1. The highest BCUT2D eigenvalue weighted by atomic mass is 16.2. The molecule has 1 aliphatic heterocycles. The van der Waals surface area contributed by atoms with Crippen LogP contribution in [0.5, 0.6) is 0 Å². The molecular formula is C10H13N3O. The van der Waals surface area contributed by atoms with Crippen molar-refractivity contribution in [3.63, 3.8) is 0 Å². The first-order valence-electron chi connectivity index (χ1n) is 4.64. The number of aromatic nitrogens is 1. The lowest BCUT2D eigenvalue weighted by atomic mass is 10.3. The van der Waals surface area contributed by atoms with Crippen LogP contribution in [0.3, 0.4) is 0 Å². The molecule has 74 valence electrons. The van der Waals surface area contributed by atoms with Crippen LogP contribution in [0.1, 0.15) is 5.69 Å². The fourth-order valence-electron chi connectivity index (χ4n) is 1.51. The lowest BCUT2D eigenvalue weighted by Gasteiger charge is -2.15. The molecule has 1 saturated heterocycles. The minimum Gasteiger partial charge on any atom is -0.326 e. The summed E-state index contributed by atoms with van der Waals surface area (Å²) >= 11 is 0. The molecular weight excluding hydrogens is 178 g/mol. The van der Waals surface area contributed by atoms with Gasteiger partial charge in [-0.25, -0.2) is 4.79 Å². The van der Waals surface area contributed by atoms with Crippen molar-refractivity contribution >= 4 is 11.7 Å². The summed E-state index contributed by atoms with van der Waals surface area (Å²) in [5.41, 5.74) is 1.85. The van der Waals surface area contributed by atoms with Crippen LogP contribution in [-0.4, -0.2) is 36.1 Å². The van der Waals surface area contributed by atoms with Gasteiger partial charge in [0.15, 0.2) is 0 Å². The monoisotopic (exact) mass is 191 g/mol. The molecule has 2 heterocycles. The third-order valence-corrected chi connectivity index (χ3v) is 2.42. The van der Waals surface area contributed by atoms with Crippen LogP contribution >= 0.6 is 0 Å². The molecule has 0 saturated carbocycles. The number of hydrogen-bond donors (Lipinski definition) is 0. The minimum absolute atomic E-state index is 0.0515. The lowest BCUT2D eigenvalue weighted by molar-refractivity contribution is 0.229. The van der Waals surface area contributed by atoms with Gasteiger partial charge in [0.2, 0.25) is 0 Å². The second-order valence-electron chi connectivity index (χ2n) is 3.51. The number of likely N-dealkylation sites (N-methyl/N-ethyl adjacent to an activating group) is 1. The van der Waals surface area contributed by atoms with Crippen LogP contribution < -0.4 is 4.90 Å². The summed E-state index contributed by atoms with van der Waals surface area (Å²) in [7, 11) is 1.81. The molecule has 0 atom stereocenters. The maximum absolute atomic E-state index is 11.6. The summed E-state index contributed by atoms with van der Waals surface area (Å²) in [5.74, 6) is 0. The minimum atomic E-state index is 0.0515. The molecule has 0 unspecified atom stereocenters. The van der Waals surface area contributed by atoms with E-state index in [1.54, 1.807) is 16.0 Å². The van der Waals surface area contributed by atoms with Gasteiger partial charge in [-0.1, -0.05) is 0 Å².